The van der Waals surface area contributed by atoms with Crippen LogP contribution in [0.3, 0.4) is 0 Å². The molecule has 2 heterocycles. The third kappa shape index (κ3) is 3.01. The molecule has 0 amide bonds. The van der Waals surface area contributed by atoms with Crippen LogP contribution in [0.4, 0.5) is 17.5 Å². The summed E-state index contributed by atoms with van der Waals surface area (Å²) in [5.74, 6) is 1.26. The molecule has 0 unspecified atom stereocenters. The van der Waals surface area contributed by atoms with Crippen LogP contribution in [0.1, 0.15) is 5.69 Å². The standard InChI is InChI=1S/C12H15N5O2/c1-7-4-10(13-2)17-12(15-7)16-8-5-9(18)11(19-3)14-6-8/h4-6,18H,1-3H3,(H2,13,15,16,17). The quantitative estimate of drug-likeness (QED) is 0.771. The van der Waals surface area contributed by atoms with Crippen molar-refractivity contribution in [1.29, 1.82) is 0 Å². The summed E-state index contributed by atoms with van der Waals surface area (Å²) in [6.07, 6.45) is 1.53. The number of methoxy groups -OCH3 is 1. The second-order valence-electron chi connectivity index (χ2n) is 3.85. The molecule has 7 heteroatoms. The number of nitrogens with one attached hydrogen (secondary N) is 2. The fraction of sp³-hybridized carbons (Fsp3) is 0.250. The maximum atomic E-state index is 9.64. The number of hydrogen-bond acceptors (Lipinski definition) is 7. The largest absolute Gasteiger partial charge is 0.503 e. The maximum absolute atomic E-state index is 9.64. The Bertz CT molecular complexity index is 588. The predicted molar refractivity (Wildman–Crippen MR) is 72.1 cm³/mol. The molecule has 0 fully saturated rings. The topological polar surface area (TPSA) is 92.2 Å². The second kappa shape index (κ2) is 5.38. The number of aryl methyl sites for hydroxylation is 1. The first-order valence-corrected chi connectivity index (χ1v) is 5.66. The first-order valence-electron chi connectivity index (χ1n) is 5.66. The van der Waals surface area contributed by atoms with Crippen LogP contribution in [-0.2, 0) is 0 Å². The highest BCUT2D eigenvalue weighted by Gasteiger charge is 2.06. The molecule has 19 heavy (non-hydrogen) atoms. The van der Waals surface area contributed by atoms with Gasteiger partial charge in [-0.3, -0.25) is 0 Å². The minimum Gasteiger partial charge on any atom is -0.503 e. The van der Waals surface area contributed by atoms with Gasteiger partial charge in [-0.05, 0) is 6.92 Å². The van der Waals surface area contributed by atoms with Gasteiger partial charge in [0, 0.05) is 24.9 Å². The summed E-state index contributed by atoms with van der Waals surface area (Å²) in [6.45, 7) is 1.87. The van der Waals surface area contributed by atoms with Crippen LogP contribution in [0, 0.1) is 6.92 Å². The highest BCUT2D eigenvalue weighted by molar-refractivity contribution is 5.57. The number of rotatable bonds is 4. The van der Waals surface area contributed by atoms with Crippen molar-refractivity contribution in [2.24, 2.45) is 0 Å². The smallest absolute Gasteiger partial charge is 0.256 e. The summed E-state index contributed by atoms with van der Waals surface area (Å²) in [4.78, 5) is 12.4. The highest BCUT2D eigenvalue weighted by Crippen LogP contribution is 2.26. The van der Waals surface area contributed by atoms with Crippen molar-refractivity contribution in [2.75, 3.05) is 24.8 Å². The fourth-order valence-corrected chi connectivity index (χ4v) is 1.55. The summed E-state index contributed by atoms with van der Waals surface area (Å²) < 4.78 is 4.88. The molecule has 100 valence electrons. The molecule has 0 saturated heterocycles. The normalized spacial score (nSPS) is 10.1. The van der Waals surface area contributed by atoms with Gasteiger partial charge >= 0.3 is 0 Å². The molecule has 0 radical (unpaired) electrons. The van der Waals surface area contributed by atoms with Crippen molar-refractivity contribution >= 4 is 17.5 Å². The van der Waals surface area contributed by atoms with Crippen LogP contribution < -0.4 is 15.4 Å². The molecule has 7 nitrogen and oxygen atoms in total. The Hall–Kier alpha value is -2.57. The van der Waals surface area contributed by atoms with Crippen LogP contribution in [0.15, 0.2) is 18.3 Å². The number of aromatic hydroxyl groups is 1. The van der Waals surface area contributed by atoms with Crippen LogP contribution in [0.2, 0.25) is 0 Å². The Morgan fingerprint density at radius 1 is 1.26 bits per heavy atom. The summed E-state index contributed by atoms with van der Waals surface area (Å²) in [5, 5.41) is 15.6. The molecular formula is C12H15N5O2. The maximum Gasteiger partial charge on any atom is 0.256 e. The van der Waals surface area contributed by atoms with Crippen molar-refractivity contribution in [3.05, 3.63) is 24.0 Å². The number of anilines is 3. The van der Waals surface area contributed by atoms with Crippen LogP contribution >= 0.6 is 0 Å². The minimum absolute atomic E-state index is 0.0472. The van der Waals surface area contributed by atoms with Gasteiger partial charge in [0.1, 0.15) is 5.82 Å². The average Bonchev–Trinajstić information content (AvgIpc) is 2.38. The lowest BCUT2D eigenvalue weighted by Gasteiger charge is -2.09. The molecule has 0 bridgehead atoms. The van der Waals surface area contributed by atoms with Gasteiger partial charge in [-0.1, -0.05) is 0 Å². The molecule has 2 rings (SSSR count). The Morgan fingerprint density at radius 3 is 2.68 bits per heavy atom. The highest BCUT2D eigenvalue weighted by atomic mass is 16.5. The van der Waals surface area contributed by atoms with Gasteiger partial charge in [-0.15, -0.1) is 0 Å². The van der Waals surface area contributed by atoms with Gasteiger partial charge in [0.2, 0.25) is 5.95 Å². The van der Waals surface area contributed by atoms with Gasteiger partial charge in [0.25, 0.3) is 5.88 Å². The van der Waals surface area contributed by atoms with Gasteiger partial charge < -0.3 is 20.5 Å². The van der Waals surface area contributed by atoms with Gasteiger partial charge in [-0.2, -0.15) is 4.98 Å². The molecule has 0 saturated carbocycles. The molecule has 0 aliphatic heterocycles. The number of ether oxygens (including phenoxy) is 1. The third-order valence-electron chi connectivity index (χ3n) is 2.39. The predicted octanol–water partition coefficient (Wildman–Crippen LogP) is 1.68. The number of hydrogen-bond donors (Lipinski definition) is 3. The van der Waals surface area contributed by atoms with Crippen LogP contribution in [0.5, 0.6) is 11.6 Å². The lowest BCUT2D eigenvalue weighted by molar-refractivity contribution is 0.359. The van der Waals surface area contributed by atoms with E-state index in [0.29, 0.717) is 17.5 Å². The van der Waals surface area contributed by atoms with E-state index in [2.05, 4.69) is 25.6 Å². The zero-order valence-corrected chi connectivity index (χ0v) is 10.9. The summed E-state index contributed by atoms with van der Waals surface area (Å²) in [7, 11) is 3.23. The summed E-state index contributed by atoms with van der Waals surface area (Å²) >= 11 is 0. The first kappa shape index (κ1) is 12.9. The Morgan fingerprint density at radius 2 is 2.05 bits per heavy atom. The van der Waals surface area contributed by atoms with E-state index in [1.54, 1.807) is 7.05 Å². The molecule has 0 spiro atoms. The lowest BCUT2D eigenvalue weighted by Crippen LogP contribution is -2.02. The molecule has 2 aromatic heterocycles. The zero-order valence-electron chi connectivity index (χ0n) is 10.9. The number of aromatic nitrogens is 3. The third-order valence-corrected chi connectivity index (χ3v) is 2.39. The number of pyridine rings is 1. The van der Waals surface area contributed by atoms with E-state index in [0.717, 1.165) is 5.69 Å². The molecule has 0 atom stereocenters. The van der Waals surface area contributed by atoms with E-state index in [-0.39, 0.29) is 11.6 Å². The molecular weight excluding hydrogens is 246 g/mol. The molecule has 0 aromatic carbocycles. The van der Waals surface area contributed by atoms with Crippen molar-refractivity contribution in [2.45, 2.75) is 6.92 Å². The summed E-state index contributed by atoms with van der Waals surface area (Å²) in [5.41, 5.74) is 1.40. The second-order valence-corrected chi connectivity index (χ2v) is 3.85. The lowest BCUT2D eigenvalue weighted by atomic mass is 10.4. The SMILES string of the molecule is CNc1cc(C)nc(Nc2cnc(OC)c(O)c2)n1. The van der Waals surface area contributed by atoms with E-state index in [1.807, 2.05) is 13.0 Å². The van der Waals surface area contributed by atoms with Crippen molar-refractivity contribution < 1.29 is 9.84 Å². The van der Waals surface area contributed by atoms with Crippen LogP contribution in [0.25, 0.3) is 0 Å². The Kier molecular flexibility index (Phi) is 3.65. The van der Waals surface area contributed by atoms with Crippen LogP contribution in [-0.4, -0.2) is 34.2 Å². The minimum atomic E-state index is -0.0472. The van der Waals surface area contributed by atoms with E-state index < -0.39 is 0 Å². The van der Waals surface area contributed by atoms with Gasteiger partial charge in [0.15, 0.2) is 5.75 Å². The van der Waals surface area contributed by atoms with E-state index >= 15 is 0 Å². The average molecular weight is 261 g/mol. The monoisotopic (exact) mass is 261 g/mol. The van der Waals surface area contributed by atoms with Gasteiger partial charge in [-0.25, -0.2) is 9.97 Å². The van der Waals surface area contributed by atoms with Crippen molar-refractivity contribution in [1.82, 2.24) is 15.0 Å². The molecule has 2 aromatic rings. The van der Waals surface area contributed by atoms with Crippen molar-refractivity contribution in [3.8, 4) is 11.6 Å². The number of nitrogens with zero attached hydrogens (tertiary/aromatic N) is 3. The summed E-state index contributed by atoms with van der Waals surface area (Å²) in [6, 6.07) is 3.32. The molecule has 3 N–H and O–H groups in total. The fourth-order valence-electron chi connectivity index (χ4n) is 1.55. The molecule has 0 aliphatic carbocycles. The van der Waals surface area contributed by atoms with E-state index in [4.69, 9.17) is 4.74 Å². The van der Waals surface area contributed by atoms with Crippen molar-refractivity contribution in [3.63, 3.8) is 0 Å². The Labute approximate surface area is 110 Å². The Balaban J connectivity index is 2.25. The first-order chi connectivity index (χ1) is 9.12. The van der Waals surface area contributed by atoms with Gasteiger partial charge in [0.05, 0.1) is 19.0 Å². The zero-order chi connectivity index (χ0) is 13.8. The van der Waals surface area contributed by atoms with E-state index in [1.165, 1.54) is 19.4 Å². The van der Waals surface area contributed by atoms with E-state index in [9.17, 15) is 5.11 Å². The molecule has 0 aliphatic rings.